The first-order valence-corrected chi connectivity index (χ1v) is 7.83. The predicted molar refractivity (Wildman–Crippen MR) is 75.6 cm³/mol. The first-order valence-electron chi connectivity index (χ1n) is 6.34. The SMILES string of the molecule is CC(=O)c1cccc(S(=O)(=O)NCC(C)C(C)C)c1. The summed E-state index contributed by atoms with van der Waals surface area (Å²) in [6.07, 6.45) is 0. The predicted octanol–water partition coefficient (Wildman–Crippen LogP) is 2.46. The van der Waals surface area contributed by atoms with Crippen LogP contribution in [0, 0.1) is 11.8 Å². The number of nitrogens with one attached hydrogen (secondary N) is 1. The van der Waals surface area contributed by atoms with Gasteiger partial charge in [-0.15, -0.1) is 0 Å². The average molecular weight is 283 g/mol. The monoisotopic (exact) mass is 283 g/mol. The van der Waals surface area contributed by atoms with Crippen molar-refractivity contribution in [1.29, 1.82) is 0 Å². The molecule has 1 unspecified atom stereocenters. The van der Waals surface area contributed by atoms with Gasteiger partial charge in [-0.25, -0.2) is 13.1 Å². The molecule has 0 amide bonds. The van der Waals surface area contributed by atoms with Gasteiger partial charge in [-0.1, -0.05) is 32.9 Å². The van der Waals surface area contributed by atoms with E-state index in [1.165, 1.54) is 19.1 Å². The number of hydrogen-bond donors (Lipinski definition) is 1. The quantitative estimate of drug-likeness (QED) is 0.816. The number of carbonyl (C=O) groups excluding carboxylic acids is 1. The fraction of sp³-hybridized carbons (Fsp3) is 0.500. The molecule has 0 aromatic heterocycles. The van der Waals surface area contributed by atoms with Gasteiger partial charge in [-0.05, 0) is 30.9 Å². The maximum atomic E-state index is 12.1. The third-order valence-corrected chi connectivity index (χ3v) is 4.71. The highest BCUT2D eigenvalue weighted by atomic mass is 32.2. The number of rotatable bonds is 6. The molecule has 0 bridgehead atoms. The number of carbonyl (C=O) groups is 1. The highest BCUT2D eigenvalue weighted by Gasteiger charge is 2.17. The molecular formula is C14H21NO3S. The van der Waals surface area contributed by atoms with E-state index in [9.17, 15) is 13.2 Å². The van der Waals surface area contributed by atoms with Crippen molar-refractivity contribution >= 4 is 15.8 Å². The van der Waals surface area contributed by atoms with Crippen molar-refractivity contribution in [2.75, 3.05) is 6.54 Å². The Bertz CT molecular complexity index is 550. The fourth-order valence-electron chi connectivity index (χ4n) is 1.44. The highest BCUT2D eigenvalue weighted by Crippen LogP contribution is 2.14. The maximum Gasteiger partial charge on any atom is 0.240 e. The molecule has 1 rings (SSSR count). The van der Waals surface area contributed by atoms with Crippen LogP contribution < -0.4 is 4.72 Å². The van der Waals surface area contributed by atoms with E-state index in [0.717, 1.165) is 0 Å². The molecule has 0 aliphatic rings. The number of sulfonamides is 1. The second kappa shape index (κ2) is 6.30. The molecule has 1 aromatic carbocycles. The molecule has 0 fully saturated rings. The van der Waals surface area contributed by atoms with Crippen molar-refractivity contribution < 1.29 is 13.2 Å². The summed E-state index contributed by atoms with van der Waals surface area (Å²) in [6, 6.07) is 6.09. The highest BCUT2D eigenvalue weighted by molar-refractivity contribution is 7.89. The van der Waals surface area contributed by atoms with Gasteiger partial charge in [-0.2, -0.15) is 0 Å². The number of ketones is 1. The molecule has 0 aliphatic heterocycles. The molecule has 1 atom stereocenters. The lowest BCUT2D eigenvalue weighted by Crippen LogP contribution is -2.30. The van der Waals surface area contributed by atoms with Crippen LogP contribution in [-0.4, -0.2) is 20.7 Å². The molecular weight excluding hydrogens is 262 g/mol. The summed E-state index contributed by atoms with van der Waals surface area (Å²) in [7, 11) is -3.55. The Kier molecular flexibility index (Phi) is 5.26. The Balaban J connectivity index is 2.89. The lowest BCUT2D eigenvalue weighted by atomic mass is 9.99. The number of hydrogen-bond acceptors (Lipinski definition) is 3. The number of Topliss-reactive ketones (excluding diaryl/α,β-unsaturated/α-hetero) is 1. The molecule has 0 spiro atoms. The van der Waals surface area contributed by atoms with Gasteiger partial charge in [0, 0.05) is 12.1 Å². The van der Waals surface area contributed by atoms with Crippen molar-refractivity contribution in [3.8, 4) is 0 Å². The molecule has 0 saturated carbocycles. The molecule has 0 aliphatic carbocycles. The van der Waals surface area contributed by atoms with Gasteiger partial charge >= 0.3 is 0 Å². The van der Waals surface area contributed by atoms with Gasteiger partial charge in [0.1, 0.15) is 0 Å². The first-order chi connectivity index (χ1) is 8.74. The van der Waals surface area contributed by atoms with Crippen LogP contribution in [0.5, 0.6) is 0 Å². The van der Waals surface area contributed by atoms with Gasteiger partial charge in [0.2, 0.25) is 10.0 Å². The Morgan fingerprint density at radius 2 is 1.89 bits per heavy atom. The standard InChI is InChI=1S/C14H21NO3S/c1-10(2)11(3)9-15-19(17,18)14-7-5-6-13(8-14)12(4)16/h5-8,10-11,15H,9H2,1-4H3. The molecule has 1 N–H and O–H groups in total. The molecule has 106 valence electrons. The van der Waals surface area contributed by atoms with Crippen molar-refractivity contribution in [2.45, 2.75) is 32.6 Å². The maximum absolute atomic E-state index is 12.1. The van der Waals surface area contributed by atoms with Crippen LogP contribution in [0.1, 0.15) is 38.1 Å². The summed E-state index contributed by atoms with van der Waals surface area (Å²) in [5.41, 5.74) is 0.403. The van der Waals surface area contributed by atoms with E-state index in [1.54, 1.807) is 12.1 Å². The molecule has 0 heterocycles. The third kappa shape index (κ3) is 4.44. The van der Waals surface area contributed by atoms with E-state index < -0.39 is 10.0 Å². The Morgan fingerprint density at radius 1 is 1.26 bits per heavy atom. The fourth-order valence-corrected chi connectivity index (χ4v) is 2.63. The lowest BCUT2D eigenvalue weighted by molar-refractivity contribution is 0.101. The second-order valence-electron chi connectivity index (χ2n) is 5.16. The van der Waals surface area contributed by atoms with Crippen molar-refractivity contribution in [3.05, 3.63) is 29.8 Å². The summed E-state index contributed by atoms with van der Waals surface area (Å²) in [4.78, 5) is 11.4. The van der Waals surface area contributed by atoms with E-state index in [-0.39, 0.29) is 16.6 Å². The van der Waals surface area contributed by atoms with E-state index >= 15 is 0 Å². The van der Waals surface area contributed by atoms with Gasteiger partial charge in [0.25, 0.3) is 0 Å². The molecule has 1 aromatic rings. The normalized spacial score (nSPS) is 13.5. The van der Waals surface area contributed by atoms with Gasteiger partial charge < -0.3 is 0 Å². The number of benzene rings is 1. The van der Waals surface area contributed by atoms with Gasteiger partial charge in [0.15, 0.2) is 5.78 Å². The van der Waals surface area contributed by atoms with Crippen LogP contribution in [0.3, 0.4) is 0 Å². The van der Waals surface area contributed by atoms with Crippen LogP contribution in [-0.2, 0) is 10.0 Å². The zero-order valence-corrected chi connectivity index (χ0v) is 12.6. The van der Waals surface area contributed by atoms with E-state index in [0.29, 0.717) is 18.0 Å². The van der Waals surface area contributed by atoms with Crippen molar-refractivity contribution in [3.63, 3.8) is 0 Å². The molecule has 19 heavy (non-hydrogen) atoms. The smallest absolute Gasteiger partial charge is 0.240 e. The summed E-state index contributed by atoms with van der Waals surface area (Å²) in [5.74, 6) is 0.518. The topological polar surface area (TPSA) is 63.2 Å². The Labute approximate surface area is 115 Å². The molecule has 4 nitrogen and oxygen atoms in total. The van der Waals surface area contributed by atoms with Crippen molar-refractivity contribution in [2.24, 2.45) is 11.8 Å². The summed E-state index contributed by atoms with van der Waals surface area (Å²) in [5, 5.41) is 0. The van der Waals surface area contributed by atoms with Gasteiger partial charge in [0.05, 0.1) is 4.90 Å². The summed E-state index contributed by atoms with van der Waals surface area (Å²) >= 11 is 0. The lowest BCUT2D eigenvalue weighted by Gasteiger charge is -2.16. The zero-order valence-electron chi connectivity index (χ0n) is 11.8. The first kappa shape index (κ1) is 15.9. The minimum Gasteiger partial charge on any atom is -0.295 e. The molecule has 5 heteroatoms. The summed E-state index contributed by atoms with van der Waals surface area (Å²) < 4.78 is 26.8. The van der Waals surface area contributed by atoms with Crippen LogP contribution in [0.4, 0.5) is 0 Å². The summed E-state index contributed by atoms with van der Waals surface area (Å²) in [6.45, 7) is 7.91. The molecule has 0 saturated heterocycles. The van der Waals surface area contributed by atoms with E-state index in [4.69, 9.17) is 0 Å². The van der Waals surface area contributed by atoms with E-state index in [2.05, 4.69) is 18.6 Å². The molecule has 0 radical (unpaired) electrons. The van der Waals surface area contributed by atoms with Crippen LogP contribution >= 0.6 is 0 Å². The van der Waals surface area contributed by atoms with E-state index in [1.807, 2.05) is 6.92 Å². The van der Waals surface area contributed by atoms with Crippen LogP contribution in [0.25, 0.3) is 0 Å². The third-order valence-electron chi connectivity index (χ3n) is 3.28. The van der Waals surface area contributed by atoms with Crippen LogP contribution in [0.2, 0.25) is 0 Å². The van der Waals surface area contributed by atoms with Crippen LogP contribution in [0.15, 0.2) is 29.2 Å². The zero-order chi connectivity index (χ0) is 14.6. The Hall–Kier alpha value is -1.20. The largest absolute Gasteiger partial charge is 0.295 e. The minimum atomic E-state index is -3.55. The van der Waals surface area contributed by atoms with Crippen molar-refractivity contribution in [1.82, 2.24) is 4.72 Å². The second-order valence-corrected chi connectivity index (χ2v) is 6.92. The average Bonchev–Trinajstić information content (AvgIpc) is 2.36. The Morgan fingerprint density at radius 3 is 2.42 bits per heavy atom. The van der Waals surface area contributed by atoms with Gasteiger partial charge in [-0.3, -0.25) is 4.79 Å². The minimum absolute atomic E-state index is 0.135.